The second-order valence-corrected chi connectivity index (χ2v) is 3.42. The Morgan fingerprint density at radius 2 is 2.06 bits per heavy atom. The number of aromatic nitrogens is 2. The lowest BCUT2D eigenvalue weighted by Crippen LogP contribution is -1.97. The Morgan fingerprint density at radius 3 is 2.69 bits per heavy atom. The minimum atomic E-state index is -0.256. The zero-order chi connectivity index (χ0) is 11.5. The topological polar surface area (TPSA) is 63.8 Å². The Bertz CT molecular complexity index is 496. The first-order chi connectivity index (χ1) is 7.65. The molecule has 0 aliphatic rings. The highest BCUT2D eigenvalue weighted by Gasteiger charge is 2.00. The minimum absolute atomic E-state index is 0.256. The molecule has 4 nitrogen and oxygen atoms in total. The normalized spacial score (nSPS) is 10.1. The third kappa shape index (κ3) is 2.25. The van der Waals surface area contributed by atoms with Gasteiger partial charge in [0.25, 0.3) is 0 Å². The molecule has 0 bridgehead atoms. The molecule has 1 aromatic carbocycles. The van der Waals surface area contributed by atoms with Gasteiger partial charge >= 0.3 is 0 Å². The summed E-state index contributed by atoms with van der Waals surface area (Å²) in [5.41, 5.74) is 6.64. The lowest BCUT2D eigenvalue weighted by molar-refractivity contribution is 0.619. The van der Waals surface area contributed by atoms with E-state index >= 15 is 0 Å². The van der Waals surface area contributed by atoms with Crippen LogP contribution in [0.5, 0.6) is 0 Å². The van der Waals surface area contributed by atoms with Gasteiger partial charge in [-0.1, -0.05) is 6.07 Å². The fourth-order valence-corrected chi connectivity index (χ4v) is 1.22. The summed E-state index contributed by atoms with van der Waals surface area (Å²) >= 11 is 0. The van der Waals surface area contributed by atoms with Gasteiger partial charge in [0.15, 0.2) is 0 Å². The predicted molar refractivity (Wildman–Crippen MR) is 60.9 cm³/mol. The van der Waals surface area contributed by atoms with E-state index in [9.17, 15) is 4.39 Å². The van der Waals surface area contributed by atoms with Crippen LogP contribution in [0, 0.1) is 12.7 Å². The van der Waals surface area contributed by atoms with Crippen molar-refractivity contribution in [2.45, 2.75) is 6.92 Å². The molecule has 0 atom stereocenters. The largest absolute Gasteiger partial charge is 0.382 e. The molecule has 2 aromatic rings. The first kappa shape index (κ1) is 10.4. The Kier molecular flexibility index (Phi) is 2.68. The van der Waals surface area contributed by atoms with Gasteiger partial charge in [0.2, 0.25) is 0 Å². The molecule has 1 heterocycles. The fourth-order valence-electron chi connectivity index (χ4n) is 1.22. The first-order valence-corrected chi connectivity index (χ1v) is 4.76. The highest BCUT2D eigenvalue weighted by molar-refractivity contribution is 5.56. The molecule has 16 heavy (non-hydrogen) atoms. The number of anilines is 3. The first-order valence-electron chi connectivity index (χ1n) is 4.76. The number of benzene rings is 1. The number of rotatable bonds is 2. The number of nitrogens with zero attached hydrogens (tertiary/aromatic N) is 2. The number of nitrogen functional groups attached to an aromatic ring is 1. The number of hydrogen-bond donors (Lipinski definition) is 2. The molecular formula is C11H11FN4. The van der Waals surface area contributed by atoms with E-state index in [0.717, 1.165) is 0 Å². The summed E-state index contributed by atoms with van der Waals surface area (Å²) in [5, 5.41) is 2.93. The summed E-state index contributed by atoms with van der Waals surface area (Å²) in [6.45, 7) is 1.71. The van der Waals surface area contributed by atoms with Gasteiger partial charge < -0.3 is 11.1 Å². The summed E-state index contributed by atoms with van der Waals surface area (Å²) in [6, 6.07) is 4.88. The van der Waals surface area contributed by atoms with Crippen LogP contribution in [0.3, 0.4) is 0 Å². The maximum absolute atomic E-state index is 13.3. The van der Waals surface area contributed by atoms with E-state index < -0.39 is 0 Å². The molecule has 3 N–H and O–H groups in total. The Morgan fingerprint density at radius 1 is 1.25 bits per heavy atom. The molecule has 0 amide bonds. The van der Waals surface area contributed by atoms with Crippen LogP contribution in [0.15, 0.2) is 30.6 Å². The molecule has 1 aromatic heterocycles. The maximum Gasteiger partial charge on any atom is 0.149 e. The number of halogens is 1. The van der Waals surface area contributed by atoms with Crippen LogP contribution >= 0.6 is 0 Å². The van der Waals surface area contributed by atoms with Crippen LogP contribution in [-0.4, -0.2) is 9.97 Å². The van der Waals surface area contributed by atoms with Crippen molar-refractivity contribution in [2.75, 3.05) is 11.1 Å². The number of nitrogens with one attached hydrogen (secondary N) is 1. The van der Waals surface area contributed by atoms with E-state index in [1.165, 1.54) is 18.5 Å². The van der Waals surface area contributed by atoms with Gasteiger partial charge in [-0.2, -0.15) is 0 Å². The van der Waals surface area contributed by atoms with E-state index in [0.29, 0.717) is 22.9 Å². The van der Waals surface area contributed by atoms with Gasteiger partial charge in [-0.3, -0.25) is 0 Å². The zero-order valence-electron chi connectivity index (χ0n) is 8.74. The predicted octanol–water partition coefficient (Wildman–Crippen LogP) is 2.25. The Hall–Kier alpha value is -2.17. The Labute approximate surface area is 92.3 Å². The van der Waals surface area contributed by atoms with Crippen LogP contribution in [0.1, 0.15) is 5.56 Å². The summed E-state index contributed by atoms with van der Waals surface area (Å²) < 4.78 is 13.3. The van der Waals surface area contributed by atoms with Crippen molar-refractivity contribution in [3.8, 4) is 0 Å². The van der Waals surface area contributed by atoms with Crippen LogP contribution in [0.2, 0.25) is 0 Å². The van der Waals surface area contributed by atoms with E-state index in [1.54, 1.807) is 19.1 Å². The van der Waals surface area contributed by atoms with Gasteiger partial charge in [-0.15, -0.1) is 0 Å². The van der Waals surface area contributed by atoms with E-state index in [1.807, 2.05) is 0 Å². The average Bonchev–Trinajstić information content (AvgIpc) is 2.27. The third-order valence-corrected chi connectivity index (χ3v) is 2.12. The minimum Gasteiger partial charge on any atom is -0.382 e. The van der Waals surface area contributed by atoms with Gasteiger partial charge in [-0.25, -0.2) is 14.4 Å². The third-order valence-electron chi connectivity index (χ3n) is 2.12. The monoisotopic (exact) mass is 218 g/mol. The summed E-state index contributed by atoms with van der Waals surface area (Å²) in [4.78, 5) is 7.88. The quantitative estimate of drug-likeness (QED) is 0.811. The lowest BCUT2D eigenvalue weighted by atomic mass is 10.2. The van der Waals surface area contributed by atoms with Crippen molar-refractivity contribution in [1.29, 1.82) is 0 Å². The van der Waals surface area contributed by atoms with Crippen LogP contribution in [-0.2, 0) is 0 Å². The standard InChI is InChI=1S/C11H11FN4/c1-7-2-3-8(4-9(7)12)16-11-6-14-10(13)5-15-11/h2-6H,1H3,(H2,13,14)(H,15,16). The van der Waals surface area contributed by atoms with Crippen LogP contribution in [0.4, 0.5) is 21.7 Å². The highest BCUT2D eigenvalue weighted by Crippen LogP contribution is 2.17. The van der Waals surface area contributed by atoms with Crippen molar-refractivity contribution in [2.24, 2.45) is 0 Å². The summed E-state index contributed by atoms with van der Waals surface area (Å²) in [7, 11) is 0. The van der Waals surface area contributed by atoms with Gasteiger partial charge in [0.05, 0.1) is 12.4 Å². The molecule has 0 saturated heterocycles. The number of nitrogens with two attached hydrogens (primary N) is 1. The smallest absolute Gasteiger partial charge is 0.149 e. The molecule has 0 aliphatic heterocycles. The Balaban J connectivity index is 2.20. The molecule has 0 radical (unpaired) electrons. The number of hydrogen-bond acceptors (Lipinski definition) is 4. The highest BCUT2D eigenvalue weighted by atomic mass is 19.1. The molecular weight excluding hydrogens is 207 g/mol. The van der Waals surface area contributed by atoms with Crippen molar-refractivity contribution >= 4 is 17.3 Å². The second kappa shape index (κ2) is 4.14. The van der Waals surface area contributed by atoms with Crippen molar-refractivity contribution < 1.29 is 4.39 Å². The van der Waals surface area contributed by atoms with Crippen LogP contribution < -0.4 is 11.1 Å². The molecule has 82 valence electrons. The van der Waals surface area contributed by atoms with Gasteiger partial charge in [-0.05, 0) is 24.6 Å². The lowest BCUT2D eigenvalue weighted by Gasteiger charge is -2.06. The SMILES string of the molecule is Cc1ccc(Nc2cnc(N)cn2)cc1F. The molecule has 2 rings (SSSR count). The number of aryl methyl sites for hydroxylation is 1. The van der Waals surface area contributed by atoms with Gasteiger partial charge in [0, 0.05) is 5.69 Å². The molecule has 0 fully saturated rings. The van der Waals surface area contributed by atoms with E-state index in [-0.39, 0.29) is 5.82 Å². The molecule has 0 aliphatic carbocycles. The van der Waals surface area contributed by atoms with E-state index in [2.05, 4.69) is 15.3 Å². The molecule has 0 saturated carbocycles. The fraction of sp³-hybridized carbons (Fsp3) is 0.0909. The summed E-state index contributed by atoms with van der Waals surface area (Å²) in [5.74, 6) is 0.617. The van der Waals surface area contributed by atoms with E-state index in [4.69, 9.17) is 5.73 Å². The second-order valence-electron chi connectivity index (χ2n) is 3.42. The average molecular weight is 218 g/mol. The molecule has 0 spiro atoms. The van der Waals surface area contributed by atoms with Crippen molar-refractivity contribution in [3.05, 3.63) is 42.0 Å². The molecule has 5 heteroatoms. The van der Waals surface area contributed by atoms with Crippen molar-refractivity contribution in [3.63, 3.8) is 0 Å². The maximum atomic E-state index is 13.3. The van der Waals surface area contributed by atoms with Crippen LogP contribution in [0.25, 0.3) is 0 Å². The summed E-state index contributed by atoms with van der Waals surface area (Å²) in [6.07, 6.45) is 2.93. The van der Waals surface area contributed by atoms with Gasteiger partial charge in [0.1, 0.15) is 17.5 Å². The molecule has 0 unspecified atom stereocenters. The zero-order valence-corrected chi connectivity index (χ0v) is 8.74. The van der Waals surface area contributed by atoms with Crippen molar-refractivity contribution in [1.82, 2.24) is 9.97 Å².